The van der Waals surface area contributed by atoms with Crippen molar-refractivity contribution in [2.75, 3.05) is 19.0 Å². The van der Waals surface area contributed by atoms with Crippen molar-refractivity contribution in [1.29, 1.82) is 0 Å². The third kappa shape index (κ3) is 4.13. The van der Waals surface area contributed by atoms with Gasteiger partial charge in [0.25, 0.3) is 0 Å². The molecule has 1 aliphatic rings. The van der Waals surface area contributed by atoms with Crippen molar-refractivity contribution >= 4 is 11.6 Å². The number of benzene rings is 1. The molecule has 0 amide bonds. The number of fused-ring (bicyclic) bond motifs is 1. The summed E-state index contributed by atoms with van der Waals surface area (Å²) < 4.78 is 13.5. The lowest BCUT2D eigenvalue weighted by atomic mass is 10.1. The molecule has 162 valence electrons. The van der Waals surface area contributed by atoms with Gasteiger partial charge in [-0.15, -0.1) is 0 Å². The van der Waals surface area contributed by atoms with E-state index in [-0.39, 0.29) is 6.10 Å². The smallest absolute Gasteiger partial charge is 0.223 e. The molecule has 1 atom stereocenters. The Labute approximate surface area is 186 Å². The molecule has 0 saturated carbocycles. The first kappa shape index (κ1) is 20.0. The highest BCUT2D eigenvalue weighted by Gasteiger charge is 2.20. The van der Waals surface area contributed by atoms with Crippen LogP contribution in [-0.2, 0) is 13.6 Å². The molecule has 8 heteroatoms. The minimum Gasteiger partial charge on any atom is -0.480 e. The number of aryl methyl sites for hydroxylation is 1. The normalized spacial score (nSPS) is 15.4. The number of nitrogens with zero attached hydrogens (tertiary/aromatic N) is 4. The van der Waals surface area contributed by atoms with E-state index < -0.39 is 0 Å². The minimum atomic E-state index is -0.0998. The van der Waals surface area contributed by atoms with Crippen LogP contribution in [0.15, 0.2) is 67.0 Å². The van der Waals surface area contributed by atoms with Gasteiger partial charge in [0.1, 0.15) is 17.7 Å². The Kier molecular flexibility index (Phi) is 5.43. The summed E-state index contributed by atoms with van der Waals surface area (Å²) in [5, 5.41) is 10.9. The van der Waals surface area contributed by atoms with Crippen molar-refractivity contribution in [2.24, 2.45) is 7.05 Å². The van der Waals surface area contributed by atoms with Crippen LogP contribution in [0.1, 0.15) is 17.2 Å². The fourth-order valence-electron chi connectivity index (χ4n) is 3.72. The van der Waals surface area contributed by atoms with Crippen LogP contribution < -0.4 is 20.1 Å². The Hall–Kier alpha value is -3.91. The highest BCUT2D eigenvalue weighted by Crippen LogP contribution is 2.31. The van der Waals surface area contributed by atoms with E-state index in [2.05, 4.69) is 32.8 Å². The van der Waals surface area contributed by atoms with Crippen LogP contribution in [0.2, 0.25) is 0 Å². The molecule has 4 aromatic rings. The van der Waals surface area contributed by atoms with Crippen LogP contribution in [0.5, 0.6) is 11.8 Å². The number of anilines is 2. The molecule has 1 unspecified atom stereocenters. The number of nitrogens with one attached hydrogen (secondary N) is 2. The lowest BCUT2D eigenvalue weighted by molar-refractivity contribution is 0.202. The number of hydrogen-bond donors (Lipinski definition) is 2. The number of rotatable bonds is 5. The van der Waals surface area contributed by atoms with E-state index in [0.29, 0.717) is 29.9 Å². The van der Waals surface area contributed by atoms with Crippen molar-refractivity contribution in [3.05, 3.63) is 78.1 Å². The molecule has 0 saturated heterocycles. The standard InChI is InChI=1S/C24H24N6O2/c1-30-15-18(13-26-30)19-9-11-22(29-24(19)31-2)27-21-10-8-17-12-25-14-20(32-23(17)28-21)16-6-4-3-5-7-16/h3-11,13,15,20,25H,12,14H2,1-2H3,(H,27,28,29). The van der Waals surface area contributed by atoms with E-state index in [1.165, 1.54) is 0 Å². The van der Waals surface area contributed by atoms with Gasteiger partial charge >= 0.3 is 0 Å². The molecule has 8 nitrogen and oxygen atoms in total. The van der Waals surface area contributed by atoms with Gasteiger partial charge in [0, 0.05) is 43.0 Å². The molecule has 3 aromatic heterocycles. The Bertz CT molecular complexity index is 1220. The number of aromatic nitrogens is 4. The maximum atomic E-state index is 6.28. The summed E-state index contributed by atoms with van der Waals surface area (Å²) in [7, 11) is 3.49. The van der Waals surface area contributed by atoms with Gasteiger partial charge in [0.2, 0.25) is 11.8 Å². The molecular formula is C24H24N6O2. The van der Waals surface area contributed by atoms with Gasteiger partial charge in [-0.05, 0) is 29.8 Å². The van der Waals surface area contributed by atoms with Crippen molar-refractivity contribution < 1.29 is 9.47 Å². The van der Waals surface area contributed by atoms with Crippen LogP contribution in [0.25, 0.3) is 11.1 Å². The molecule has 0 fully saturated rings. The fraction of sp³-hybridized carbons (Fsp3) is 0.208. The zero-order chi connectivity index (χ0) is 21.9. The summed E-state index contributed by atoms with van der Waals surface area (Å²) in [5.41, 5.74) is 3.96. The first-order chi connectivity index (χ1) is 15.7. The maximum absolute atomic E-state index is 6.28. The Morgan fingerprint density at radius 3 is 2.66 bits per heavy atom. The number of hydrogen-bond acceptors (Lipinski definition) is 7. The molecule has 0 aliphatic carbocycles. The second-order valence-electron chi connectivity index (χ2n) is 7.59. The zero-order valence-corrected chi connectivity index (χ0v) is 17.9. The quantitative estimate of drug-likeness (QED) is 0.499. The van der Waals surface area contributed by atoms with E-state index in [0.717, 1.165) is 28.8 Å². The number of pyridine rings is 2. The highest BCUT2D eigenvalue weighted by atomic mass is 16.5. The SMILES string of the molecule is COc1nc(Nc2ccc3c(n2)OC(c2ccccc2)CNC3)ccc1-c1cnn(C)c1. The van der Waals surface area contributed by atoms with Crippen molar-refractivity contribution in [1.82, 2.24) is 25.1 Å². The first-order valence-corrected chi connectivity index (χ1v) is 10.4. The molecule has 32 heavy (non-hydrogen) atoms. The molecule has 2 N–H and O–H groups in total. The lowest BCUT2D eigenvalue weighted by Gasteiger charge is -2.17. The molecule has 1 aliphatic heterocycles. The van der Waals surface area contributed by atoms with Crippen molar-refractivity contribution in [2.45, 2.75) is 12.6 Å². The van der Waals surface area contributed by atoms with Crippen LogP contribution >= 0.6 is 0 Å². The zero-order valence-electron chi connectivity index (χ0n) is 17.9. The molecule has 1 aromatic carbocycles. The highest BCUT2D eigenvalue weighted by molar-refractivity contribution is 5.70. The van der Waals surface area contributed by atoms with Gasteiger partial charge in [-0.3, -0.25) is 4.68 Å². The summed E-state index contributed by atoms with van der Waals surface area (Å²) in [6.45, 7) is 1.43. The van der Waals surface area contributed by atoms with E-state index in [9.17, 15) is 0 Å². The van der Waals surface area contributed by atoms with Crippen LogP contribution in [0.3, 0.4) is 0 Å². The van der Waals surface area contributed by atoms with Crippen molar-refractivity contribution in [3.8, 4) is 22.9 Å². The van der Waals surface area contributed by atoms with E-state index >= 15 is 0 Å². The van der Waals surface area contributed by atoms with E-state index in [1.54, 1.807) is 18.0 Å². The third-order valence-corrected chi connectivity index (χ3v) is 5.34. The van der Waals surface area contributed by atoms with Crippen LogP contribution in [0.4, 0.5) is 11.6 Å². The average Bonchev–Trinajstić information content (AvgIpc) is 3.14. The van der Waals surface area contributed by atoms with Gasteiger partial charge in [0.15, 0.2) is 0 Å². The number of ether oxygens (including phenoxy) is 2. The van der Waals surface area contributed by atoms with Crippen LogP contribution in [0, 0.1) is 0 Å². The monoisotopic (exact) mass is 428 g/mol. The molecule has 0 bridgehead atoms. The molecule has 4 heterocycles. The Morgan fingerprint density at radius 1 is 1.06 bits per heavy atom. The Balaban J connectivity index is 1.39. The van der Waals surface area contributed by atoms with E-state index in [4.69, 9.17) is 14.5 Å². The summed E-state index contributed by atoms with van der Waals surface area (Å²) in [6.07, 6.45) is 3.61. The average molecular weight is 428 g/mol. The molecule has 0 spiro atoms. The summed E-state index contributed by atoms with van der Waals surface area (Å²) in [4.78, 5) is 9.32. The second kappa shape index (κ2) is 8.68. The van der Waals surface area contributed by atoms with Gasteiger partial charge in [-0.25, -0.2) is 0 Å². The largest absolute Gasteiger partial charge is 0.480 e. The molecule has 0 radical (unpaired) electrons. The summed E-state index contributed by atoms with van der Waals surface area (Å²) >= 11 is 0. The van der Waals surface area contributed by atoms with E-state index in [1.807, 2.05) is 55.7 Å². The van der Waals surface area contributed by atoms with Crippen LogP contribution in [-0.4, -0.2) is 33.4 Å². The lowest BCUT2D eigenvalue weighted by Crippen LogP contribution is -2.21. The fourth-order valence-corrected chi connectivity index (χ4v) is 3.72. The van der Waals surface area contributed by atoms with Gasteiger partial charge in [-0.1, -0.05) is 30.3 Å². The second-order valence-corrected chi connectivity index (χ2v) is 7.59. The summed E-state index contributed by atoms with van der Waals surface area (Å²) in [6, 6.07) is 18.0. The Morgan fingerprint density at radius 2 is 1.88 bits per heavy atom. The van der Waals surface area contributed by atoms with Gasteiger partial charge < -0.3 is 20.1 Å². The van der Waals surface area contributed by atoms with Gasteiger partial charge in [-0.2, -0.15) is 15.1 Å². The summed E-state index contributed by atoms with van der Waals surface area (Å²) in [5.74, 6) is 2.42. The van der Waals surface area contributed by atoms with Gasteiger partial charge in [0.05, 0.1) is 13.3 Å². The number of methoxy groups -OCH3 is 1. The first-order valence-electron chi connectivity index (χ1n) is 10.4. The molecule has 5 rings (SSSR count). The van der Waals surface area contributed by atoms with Crippen molar-refractivity contribution in [3.63, 3.8) is 0 Å². The third-order valence-electron chi connectivity index (χ3n) is 5.34. The maximum Gasteiger partial charge on any atom is 0.223 e. The topological polar surface area (TPSA) is 86.1 Å². The minimum absolute atomic E-state index is 0.0998. The predicted molar refractivity (Wildman–Crippen MR) is 122 cm³/mol. The predicted octanol–water partition coefficient (Wildman–Crippen LogP) is 3.85. The molecular weight excluding hydrogens is 404 g/mol.